The largest absolute Gasteiger partial charge is 0.457 e. The Kier molecular flexibility index (Phi) is 4.66. The lowest BCUT2D eigenvalue weighted by molar-refractivity contribution is 0.483. The Labute approximate surface area is 195 Å². The summed E-state index contributed by atoms with van der Waals surface area (Å²) in [5.41, 5.74) is 4.81. The minimum absolute atomic E-state index is 0.329. The lowest BCUT2D eigenvalue weighted by atomic mass is 10.1. The summed E-state index contributed by atoms with van der Waals surface area (Å²) in [6.07, 6.45) is 1.48. The van der Waals surface area contributed by atoms with Crippen LogP contribution in [0.4, 0.5) is 4.39 Å². The maximum Gasteiger partial charge on any atom is 0.140 e. The molecule has 3 aromatic heterocycles. The summed E-state index contributed by atoms with van der Waals surface area (Å²) < 4.78 is 24.2. The van der Waals surface area contributed by atoms with Crippen LogP contribution in [0.1, 0.15) is 11.4 Å². The second-order valence-electron chi connectivity index (χ2n) is 8.30. The molecule has 0 amide bonds. The van der Waals surface area contributed by atoms with Crippen LogP contribution in [0.15, 0.2) is 91.1 Å². The van der Waals surface area contributed by atoms with Gasteiger partial charge in [-0.1, -0.05) is 24.3 Å². The van der Waals surface area contributed by atoms with Crippen LogP contribution in [-0.2, 0) is 0 Å². The first-order chi connectivity index (χ1) is 16.6. The van der Waals surface area contributed by atoms with Crippen LogP contribution in [0.25, 0.3) is 33.3 Å². The Morgan fingerprint density at radius 2 is 1.59 bits per heavy atom. The Hall–Kier alpha value is -4.45. The fraction of sp³-hybridized carbons (Fsp3) is 0.0714. The van der Waals surface area contributed by atoms with E-state index in [9.17, 15) is 4.39 Å². The topological polar surface area (TPSA) is 44.9 Å². The molecule has 0 fully saturated rings. The molecule has 166 valence electrons. The number of nitrogens with zero attached hydrogens (tertiary/aromatic N) is 4. The zero-order valence-corrected chi connectivity index (χ0v) is 18.7. The van der Waals surface area contributed by atoms with Crippen LogP contribution in [-0.4, -0.2) is 19.3 Å². The number of fused-ring (bicyclic) bond motifs is 3. The Morgan fingerprint density at radius 1 is 0.765 bits per heavy atom. The molecule has 0 aliphatic rings. The summed E-state index contributed by atoms with van der Waals surface area (Å²) in [5.74, 6) is 1.58. The molecule has 0 saturated heterocycles. The first-order valence-corrected chi connectivity index (χ1v) is 11.0. The molecule has 0 saturated carbocycles. The van der Waals surface area contributed by atoms with Gasteiger partial charge in [-0.15, -0.1) is 0 Å². The van der Waals surface area contributed by atoms with Crippen molar-refractivity contribution in [3.63, 3.8) is 0 Å². The van der Waals surface area contributed by atoms with Gasteiger partial charge < -0.3 is 4.74 Å². The van der Waals surface area contributed by atoms with Gasteiger partial charge in [-0.3, -0.25) is 4.57 Å². The van der Waals surface area contributed by atoms with Crippen molar-refractivity contribution in [2.75, 3.05) is 0 Å². The third-order valence-electron chi connectivity index (χ3n) is 5.89. The summed E-state index contributed by atoms with van der Waals surface area (Å²) in [4.78, 5) is 4.42. The molecule has 0 radical (unpaired) electrons. The average molecular weight is 449 g/mol. The number of hydrogen-bond donors (Lipinski definition) is 0. The Morgan fingerprint density at radius 3 is 2.41 bits per heavy atom. The first kappa shape index (κ1) is 20.2. The standard InChI is InChI=1S/C28H21FN4O/c1-18-14-19(2)33(31-18)21-6-5-7-22(16-21)34-23-10-11-25-24-8-3-4-9-26(24)32(27(25)17-23)28-15-20(29)12-13-30-28/h3-17H,1-2H3. The number of hydrogen-bond acceptors (Lipinski definition) is 3. The Balaban J connectivity index is 1.46. The molecule has 0 bridgehead atoms. The van der Waals surface area contributed by atoms with E-state index in [4.69, 9.17) is 4.74 Å². The molecule has 0 atom stereocenters. The minimum atomic E-state index is -0.329. The van der Waals surface area contributed by atoms with E-state index in [1.54, 1.807) is 0 Å². The van der Waals surface area contributed by atoms with E-state index in [0.29, 0.717) is 17.3 Å². The predicted octanol–water partition coefficient (Wildman–Crippen LogP) is 6.91. The van der Waals surface area contributed by atoms with Gasteiger partial charge in [0, 0.05) is 40.9 Å². The summed E-state index contributed by atoms with van der Waals surface area (Å²) in [6, 6.07) is 26.7. The van der Waals surface area contributed by atoms with Crippen LogP contribution in [0.2, 0.25) is 0 Å². The second kappa shape index (κ2) is 7.85. The molecule has 0 unspecified atom stereocenters. The number of benzene rings is 3. The highest BCUT2D eigenvalue weighted by molar-refractivity contribution is 6.09. The summed E-state index contributed by atoms with van der Waals surface area (Å²) >= 11 is 0. The molecule has 5 nitrogen and oxygen atoms in total. The molecule has 3 aromatic carbocycles. The lowest BCUT2D eigenvalue weighted by Gasteiger charge is -2.10. The van der Waals surface area contributed by atoms with Crippen LogP contribution < -0.4 is 4.74 Å². The zero-order chi connectivity index (χ0) is 23.2. The van der Waals surface area contributed by atoms with Gasteiger partial charge in [0.2, 0.25) is 0 Å². The lowest BCUT2D eigenvalue weighted by Crippen LogP contribution is -1.99. The van der Waals surface area contributed by atoms with E-state index in [1.165, 1.54) is 18.3 Å². The van der Waals surface area contributed by atoms with Crippen molar-refractivity contribution in [1.29, 1.82) is 0 Å². The van der Waals surface area contributed by atoms with Gasteiger partial charge in [-0.2, -0.15) is 5.10 Å². The van der Waals surface area contributed by atoms with Crippen molar-refractivity contribution in [1.82, 2.24) is 19.3 Å². The highest BCUT2D eigenvalue weighted by atomic mass is 19.1. The van der Waals surface area contributed by atoms with Crippen molar-refractivity contribution in [3.05, 3.63) is 108 Å². The van der Waals surface area contributed by atoms with Gasteiger partial charge in [-0.25, -0.2) is 14.1 Å². The van der Waals surface area contributed by atoms with Crippen LogP contribution in [0, 0.1) is 19.7 Å². The summed E-state index contributed by atoms with van der Waals surface area (Å²) in [5, 5.41) is 6.68. The summed E-state index contributed by atoms with van der Waals surface area (Å²) in [7, 11) is 0. The van der Waals surface area contributed by atoms with Gasteiger partial charge in [0.15, 0.2) is 0 Å². The van der Waals surface area contributed by atoms with Crippen molar-refractivity contribution in [2.45, 2.75) is 13.8 Å². The Bertz CT molecular complexity index is 1680. The molecule has 6 rings (SSSR count). The number of para-hydroxylation sites is 1. The van der Waals surface area contributed by atoms with Gasteiger partial charge in [0.25, 0.3) is 0 Å². The SMILES string of the molecule is Cc1cc(C)n(-c2cccc(Oc3ccc4c5ccccc5n(-c5cc(F)ccn5)c4c3)c2)n1. The van der Waals surface area contributed by atoms with Crippen LogP contribution in [0.5, 0.6) is 11.5 Å². The number of pyridine rings is 1. The van der Waals surface area contributed by atoms with Crippen LogP contribution in [0.3, 0.4) is 0 Å². The normalized spacial score (nSPS) is 11.4. The molecular formula is C28H21FN4O. The zero-order valence-electron chi connectivity index (χ0n) is 18.7. The quantitative estimate of drug-likeness (QED) is 0.294. The van der Waals surface area contributed by atoms with Gasteiger partial charge >= 0.3 is 0 Å². The molecule has 3 heterocycles. The smallest absolute Gasteiger partial charge is 0.140 e. The summed E-state index contributed by atoms with van der Waals surface area (Å²) in [6.45, 7) is 4.01. The van der Waals surface area contributed by atoms with Gasteiger partial charge in [0.05, 0.1) is 22.4 Å². The highest BCUT2D eigenvalue weighted by Crippen LogP contribution is 2.35. The van der Waals surface area contributed by atoms with Crippen molar-refractivity contribution in [2.24, 2.45) is 0 Å². The number of aryl methyl sites for hydroxylation is 2. The van der Waals surface area contributed by atoms with E-state index in [-0.39, 0.29) is 5.82 Å². The maximum absolute atomic E-state index is 14.0. The van der Waals surface area contributed by atoms with E-state index < -0.39 is 0 Å². The van der Waals surface area contributed by atoms with Crippen molar-refractivity contribution in [3.8, 4) is 23.0 Å². The number of rotatable bonds is 4. The fourth-order valence-electron chi connectivity index (χ4n) is 4.48. The number of halogens is 1. The highest BCUT2D eigenvalue weighted by Gasteiger charge is 2.14. The molecule has 0 aliphatic carbocycles. The second-order valence-corrected chi connectivity index (χ2v) is 8.30. The van der Waals surface area contributed by atoms with Crippen molar-refractivity contribution < 1.29 is 9.13 Å². The van der Waals surface area contributed by atoms with Crippen LogP contribution >= 0.6 is 0 Å². The molecule has 34 heavy (non-hydrogen) atoms. The maximum atomic E-state index is 14.0. The van der Waals surface area contributed by atoms with Gasteiger partial charge in [-0.05, 0) is 56.3 Å². The number of aromatic nitrogens is 4. The third-order valence-corrected chi connectivity index (χ3v) is 5.89. The number of ether oxygens (including phenoxy) is 1. The monoisotopic (exact) mass is 448 g/mol. The fourth-order valence-corrected chi connectivity index (χ4v) is 4.48. The molecule has 6 aromatic rings. The van der Waals surface area contributed by atoms with Crippen molar-refractivity contribution >= 4 is 21.8 Å². The predicted molar refractivity (Wildman–Crippen MR) is 132 cm³/mol. The van der Waals surface area contributed by atoms with Gasteiger partial charge in [0.1, 0.15) is 23.1 Å². The molecule has 6 heteroatoms. The van der Waals surface area contributed by atoms with E-state index in [2.05, 4.69) is 16.1 Å². The molecule has 0 N–H and O–H groups in total. The first-order valence-electron chi connectivity index (χ1n) is 11.0. The molecule has 0 aliphatic heterocycles. The van der Waals surface area contributed by atoms with E-state index >= 15 is 0 Å². The van der Waals surface area contributed by atoms with E-state index in [0.717, 1.165) is 38.9 Å². The van der Waals surface area contributed by atoms with E-state index in [1.807, 2.05) is 89.8 Å². The molecule has 0 spiro atoms. The average Bonchev–Trinajstić information content (AvgIpc) is 3.35. The minimum Gasteiger partial charge on any atom is -0.457 e. The third kappa shape index (κ3) is 3.40. The molecular weight excluding hydrogens is 427 g/mol.